The molecule has 0 spiro atoms. The van der Waals surface area contributed by atoms with E-state index in [2.05, 4.69) is 11.8 Å². The van der Waals surface area contributed by atoms with Crippen molar-refractivity contribution in [3.05, 3.63) is 39.4 Å². The predicted octanol–water partition coefficient (Wildman–Crippen LogP) is 2.61. The molecule has 1 heterocycles. The number of benzene rings is 1. The fourth-order valence-corrected chi connectivity index (χ4v) is 2.66. The summed E-state index contributed by atoms with van der Waals surface area (Å²) in [5, 5.41) is 11.2. The van der Waals surface area contributed by atoms with Crippen molar-refractivity contribution in [3.63, 3.8) is 0 Å². The van der Waals surface area contributed by atoms with Gasteiger partial charge in [-0.2, -0.15) is 0 Å². The number of ether oxygens (including phenoxy) is 1. The van der Waals surface area contributed by atoms with Crippen molar-refractivity contribution >= 4 is 11.7 Å². The molecule has 1 aromatic carbocycles. The first kappa shape index (κ1) is 15.4. The van der Waals surface area contributed by atoms with Gasteiger partial charge in [-0.1, -0.05) is 13.0 Å². The van der Waals surface area contributed by atoms with E-state index in [1.54, 1.807) is 6.07 Å². The topological polar surface area (TPSA) is 72.7 Å². The van der Waals surface area contributed by atoms with E-state index in [-0.39, 0.29) is 11.3 Å². The first-order valence-electron chi connectivity index (χ1n) is 7.10. The third-order valence-corrected chi connectivity index (χ3v) is 4.01. The molecular weight excluding hydrogens is 272 g/mol. The van der Waals surface area contributed by atoms with Gasteiger partial charge in [-0.25, -0.2) is 4.79 Å². The van der Waals surface area contributed by atoms with Gasteiger partial charge >= 0.3 is 5.97 Å². The van der Waals surface area contributed by atoms with Crippen LogP contribution < -0.4 is 0 Å². The highest BCUT2D eigenvalue weighted by atomic mass is 16.6. The van der Waals surface area contributed by atoms with Gasteiger partial charge in [0, 0.05) is 12.6 Å². The molecule has 21 heavy (non-hydrogen) atoms. The molecule has 6 nitrogen and oxygen atoms in total. The maximum Gasteiger partial charge on any atom is 0.338 e. The lowest BCUT2D eigenvalue weighted by Crippen LogP contribution is -2.33. The van der Waals surface area contributed by atoms with Gasteiger partial charge in [0.25, 0.3) is 5.69 Å². The highest BCUT2D eigenvalue weighted by molar-refractivity contribution is 5.92. The number of carbonyl (C=O) groups excluding carboxylic acids is 1. The van der Waals surface area contributed by atoms with E-state index in [0.29, 0.717) is 18.0 Å². The number of nitrogens with zero attached hydrogens (tertiary/aromatic N) is 2. The van der Waals surface area contributed by atoms with Crippen LogP contribution in [-0.2, 0) is 11.3 Å². The highest BCUT2D eigenvalue weighted by Gasteiger charge is 2.25. The second-order valence-electron chi connectivity index (χ2n) is 5.51. The number of rotatable bonds is 4. The molecule has 114 valence electrons. The summed E-state index contributed by atoms with van der Waals surface area (Å²) < 4.78 is 4.74. The van der Waals surface area contributed by atoms with Crippen LogP contribution in [0.1, 0.15) is 35.7 Å². The number of hydrogen-bond acceptors (Lipinski definition) is 5. The van der Waals surface area contributed by atoms with Gasteiger partial charge in [-0.05, 0) is 37.9 Å². The molecule has 6 heteroatoms. The van der Waals surface area contributed by atoms with Crippen molar-refractivity contribution in [1.29, 1.82) is 0 Å². The molecule has 0 aliphatic carbocycles. The van der Waals surface area contributed by atoms with Crippen LogP contribution >= 0.6 is 0 Å². The minimum Gasteiger partial charge on any atom is -0.465 e. The molecular formula is C15H20N2O4. The number of nitro benzene ring substituents is 1. The van der Waals surface area contributed by atoms with Crippen molar-refractivity contribution in [2.75, 3.05) is 20.2 Å². The zero-order chi connectivity index (χ0) is 15.4. The largest absolute Gasteiger partial charge is 0.465 e. The Morgan fingerprint density at radius 3 is 2.67 bits per heavy atom. The Hall–Kier alpha value is -1.95. The van der Waals surface area contributed by atoms with E-state index < -0.39 is 10.9 Å². The Labute approximate surface area is 123 Å². The van der Waals surface area contributed by atoms with Crippen molar-refractivity contribution in [2.24, 2.45) is 5.92 Å². The Bertz CT molecular complexity index is 536. The van der Waals surface area contributed by atoms with Gasteiger partial charge in [-0.15, -0.1) is 0 Å². The number of carbonyl (C=O) groups is 1. The minimum absolute atomic E-state index is 0.0171. The van der Waals surface area contributed by atoms with E-state index in [1.165, 1.54) is 19.2 Å². The summed E-state index contributed by atoms with van der Waals surface area (Å²) >= 11 is 0. The van der Waals surface area contributed by atoms with Crippen molar-refractivity contribution in [3.8, 4) is 0 Å². The van der Waals surface area contributed by atoms with Crippen LogP contribution in [0, 0.1) is 16.0 Å². The molecule has 1 aromatic rings. The van der Waals surface area contributed by atoms with Gasteiger partial charge in [-0.3, -0.25) is 15.0 Å². The SMILES string of the molecule is COC(=O)c1cccc([N+](=O)[O-])c1CN1CCC(C)CC1. The predicted molar refractivity (Wildman–Crippen MR) is 78.1 cm³/mol. The van der Waals surface area contributed by atoms with Crippen LogP contribution in [-0.4, -0.2) is 36.0 Å². The maximum atomic E-state index is 11.8. The average molecular weight is 292 g/mol. The summed E-state index contributed by atoms with van der Waals surface area (Å²) in [6, 6.07) is 4.54. The average Bonchev–Trinajstić information content (AvgIpc) is 2.48. The highest BCUT2D eigenvalue weighted by Crippen LogP contribution is 2.26. The zero-order valence-electron chi connectivity index (χ0n) is 12.4. The molecule has 0 bridgehead atoms. The number of likely N-dealkylation sites (tertiary alicyclic amines) is 1. The molecule has 0 saturated carbocycles. The summed E-state index contributed by atoms with van der Waals surface area (Å²) in [5.74, 6) is 0.158. The maximum absolute atomic E-state index is 11.8. The number of piperidine rings is 1. The second kappa shape index (κ2) is 6.67. The third kappa shape index (κ3) is 3.58. The molecule has 1 fully saturated rings. The summed E-state index contributed by atoms with van der Waals surface area (Å²) in [4.78, 5) is 24.8. The molecule has 1 aliphatic heterocycles. The van der Waals surface area contributed by atoms with Gasteiger partial charge in [0.05, 0.1) is 23.2 Å². The second-order valence-corrected chi connectivity index (χ2v) is 5.51. The molecule has 0 atom stereocenters. The van der Waals surface area contributed by atoms with Crippen LogP contribution in [0.3, 0.4) is 0 Å². The van der Waals surface area contributed by atoms with Crippen LogP contribution in [0.4, 0.5) is 5.69 Å². The van der Waals surface area contributed by atoms with Crippen molar-refractivity contribution < 1.29 is 14.5 Å². The number of methoxy groups -OCH3 is 1. The van der Waals surface area contributed by atoms with Crippen LogP contribution in [0.2, 0.25) is 0 Å². The third-order valence-electron chi connectivity index (χ3n) is 4.01. The van der Waals surface area contributed by atoms with E-state index >= 15 is 0 Å². The lowest BCUT2D eigenvalue weighted by atomic mass is 9.97. The molecule has 1 aliphatic rings. The monoisotopic (exact) mass is 292 g/mol. The Morgan fingerprint density at radius 1 is 1.43 bits per heavy atom. The number of esters is 1. The van der Waals surface area contributed by atoms with E-state index in [9.17, 15) is 14.9 Å². The first-order chi connectivity index (χ1) is 10.0. The summed E-state index contributed by atoms with van der Waals surface area (Å²) in [6.45, 7) is 4.41. The van der Waals surface area contributed by atoms with Gasteiger partial charge < -0.3 is 4.74 Å². The van der Waals surface area contributed by atoms with E-state index in [4.69, 9.17) is 4.74 Å². The smallest absolute Gasteiger partial charge is 0.338 e. The summed E-state index contributed by atoms with van der Waals surface area (Å²) in [5.41, 5.74) is 0.714. The standard InChI is InChI=1S/C15H20N2O4/c1-11-6-8-16(9-7-11)10-13-12(15(18)21-2)4-3-5-14(13)17(19)20/h3-5,11H,6-10H2,1-2H3. The van der Waals surface area contributed by atoms with E-state index in [1.807, 2.05) is 0 Å². The Kier molecular flexibility index (Phi) is 4.90. The van der Waals surface area contributed by atoms with Gasteiger partial charge in [0.15, 0.2) is 0 Å². The van der Waals surface area contributed by atoms with Crippen LogP contribution in [0.25, 0.3) is 0 Å². The minimum atomic E-state index is -0.529. The van der Waals surface area contributed by atoms with E-state index in [0.717, 1.165) is 25.9 Å². The van der Waals surface area contributed by atoms with Crippen LogP contribution in [0.15, 0.2) is 18.2 Å². The molecule has 0 aromatic heterocycles. The molecule has 0 radical (unpaired) electrons. The Morgan fingerprint density at radius 2 is 2.10 bits per heavy atom. The Balaban J connectivity index is 2.30. The fourth-order valence-electron chi connectivity index (χ4n) is 2.66. The van der Waals surface area contributed by atoms with Crippen molar-refractivity contribution in [1.82, 2.24) is 4.90 Å². The normalized spacial score (nSPS) is 16.7. The lowest BCUT2D eigenvalue weighted by Gasteiger charge is -2.30. The van der Waals surface area contributed by atoms with Gasteiger partial charge in [0.2, 0.25) is 0 Å². The quantitative estimate of drug-likeness (QED) is 0.484. The fraction of sp³-hybridized carbons (Fsp3) is 0.533. The molecule has 0 N–H and O–H groups in total. The van der Waals surface area contributed by atoms with Crippen LogP contribution in [0.5, 0.6) is 0 Å². The number of nitro groups is 1. The molecule has 2 rings (SSSR count). The summed E-state index contributed by atoms with van der Waals surface area (Å²) in [7, 11) is 1.29. The van der Waals surface area contributed by atoms with Gasteiger partial charge in [0.1, 0.15) is 0 Å². The molecule has 0 unspecified atom stereocenters. The first-order valence-corrected chi connectivity index (χ1v) is 7.10. The summed E-state index contributed by atoms with van der Waals surface area (Å²) in [6.07, 6.45) is 2.16. The molecule has 1 saturated heterocycles. The lowest BCUT2D eigenvalue weighted by molar-refractivity contribution is -0.385. The number of hydrogen-bond donors (Lipinski definition) is 0. The molecule has 0 amide bonds. The van der Waals surface area contributed by atoms with Crippen molar-refractivity contribution in [2.45, 2.75) is 26.3 Å². The zero-order valence-corrected chi connectivity index (χ0v) is 12.4.